The maximum absolute atomic E-state index is 2.46. The van der Waals surface area contributed by atoms with Gasteiger partial charge in [-0.15, -0.1) is 0 Å². The SMILES string of the molecule is c1ccc(N(c2ccccc2)c2cc(N(c3ccccc3)c3ccccc3)cc(-n3c4ccccc4c4c3ccc3c5ccccc5n(-c5ccccc5)c34)c2)cc1. The van der Waals surface area contributed by atoms with Crippen molar-refractivity contribution in [3.63, 3.8) is 0 Å². The Bertz CT molecular complexity index is 3030. The van der Waals surface area contributed by atoms with E-state index in [0.29, 0.717) is 0 Å². The molecule has 11 rings (SSSR count). The fraction of sp³-hybridized carbons (Fsp3) is 0. The van der Waals surface area contributed by atoms with Gasteiger partial charge >= 0.3 is 0 Å². The van der Waals surface area contributed by atoms with Gasteiger partial charge in [0, 0.05) is 50.0 Å². The Morgan fingerprint density at radius 2 is 0.672 bits per heavy atom. The van der Waals surface area contributed by atoms with Crippen molar-refractivity contribution in [1.82, 2.24) is 9.13 Å². The average molecular weight is 743 g/mol. The lowest BCUT2D eigenvalue weighted by Gasteiger charge is -2.30. The highest BCUT2D eigenvalue weighted by Gasteiger charge is 2.24. The van der Waals surface area contributed by atoms with Crippen LogP contribution in [-0.4, -0.2) is 9.13 Å². The van der Waals surface area contributed by atoms with Crippen LogP contribution in [-0.2, 0) is 0 Å². The molecule has 0 fully saturated rings. The van der Waals surface area contributed by atoms with Crippen molar-refractivity contribution in [3.05, 3.63) is 231 Å². The molecule has 0 atom stereocenters. The molecule has 11 aromatic rings. The van der Waals surface area contributed by atoms with Crippen LogP contribution in [0.5, 0.6) is 0 Å². The molecule has 0 aliphatic heterocycles. The number of aromatic nitrogens is 2. The summed E-state index contributed by atoms with van der Waals surface area (Å²) in [5, 5.41) is 4.92. The third-order valence-corrected chi connectivity index (χ3v) is 11.2. The first-order chi connectivity index (χ1) is 28.8. The largest absolute Gasteiger partial charge is 0.310 e. The van der Waals surface area contributed by atoms with E-state index in [2.05, 4.69) is 249 Å². The molecule has 4 nitrogen and oxygen atoms in total. The Morgan fingerprint density at radius 3 is 1.17 bits per heavy atom. The van der Waals surface area contributed by atoms with Crippen LogP contribution in [0.4, 0.5) is 34.1 Å². The number of hydrogen-bond acceptors (Lipinski definition) is 2. The highest BCUT2D eigenvalue weighted by atomic mass is 15.2. The predicted molar refractivity (Wildman–Crippen MR) is 244 cm³/mol. The summed E-state index contributed by atoms with van der Waals surface area (Å²) >= 11 is 0. The molecule has 0 unspecified atom stereocenters. The second kappa shape index (κ2) is 14.0. The fourth-order valence-corrected chi connectivity index (χ4v) is 8.80. The molecule has 0 N–H and O–H groups in total. The zero-order valence-electron chi connectivity index (χ0n) is 31.7. The maximum Gasteiger partial charge on any atom is 0.0641 e. The summed E-state index contributed by atoms with van der Waals surface area (Å²) < 4.78 is 4.91. The van der Waals surface area contributed by atoms with E-state index in [1.807, 2.05) is 0 Å². The van der Waals surface area contributed by atoms with E-state index >= 15 is 0 Å². The molecule has 0 aliphatic rings. The summed E-state index contributed by atoms with van der Waals surface area (Å²) in [5.74, 6) is 0. The van der Waals surface area contributed by atoms with Crippen LogP contribution in [0.15, 0.2) is 231 Å². The quantitative estimate of drug-likeness (QED) is 0.154. The van der Waals surface area contributed by atoms with Gasteiger partial charge < -0.3 is 18.9 Å². The van der Waals surface area contributed by atoms with E-state index in [0.717, 1.165) is 56.5 Å². The van der Waals surface area contributed by atoms with Gasteiger partial charge in [-0.3, -0.25) is 0 Å². The molecule has 0 amide bonds. The number of anilines is 6. The molecular weight excluding hydrogens is 705 g/mol. The standard InChI is InChI=1S/C54H38N4/c1-6-20-39(21-7-1)55(40-22-8-2-9-23-40)44-36-45(56(41-24-10-3-11-25-41)42-26-12-4-13-27-42)38-46(37-44)57-51-33-19-17-31-49(51)53-52(57)35-34-48-47-30-16-18-32-50(47)58(54(48)53)43-28-14-5-15-29-43/h1-38H. The van der Waals surface area contributed by atoms with Gasteiger partial charge in [-0.1, -0.05) is 133 Å². The third kappa shape index (κ3) is 5.54. The summed E-state index contributed by atoms with van der Waals surface area (Å²) in [6, 6.07) is 82.8. The lowest BCUT2D eigenvalue weighted by molar-refractivity contribution is 1.16. The number of para-hydroxylation sites is 7. The minimum Gasteiger partial charge on any atom is -0.310 e. The molecule has 0 bridgehead atoms. The lowest BCUT2D eigenvalue weighted by atomic mass is 10.1. The summed E-state index contributed by atoms with van der Waals surface area (Å²) in [7, 11) is 0. The molecule has 0 aliphatic carbocycles. The van der Waals surface area contributed by atoms with Crippen LogP contribution in [0.25, 0.3) is 55.0 Å². The van der Waals surface area contributed by atoms with Crippen molar-refractivity contribution in [2.24, 2.45) is 0 Å². The molecule has 0 radical (unpaired) electrons. The second-order valence-corrected chi connectivity index (χ2v) is 14.6. The van der Waals surface area contributed by atoms with Gasteiger partial charge in [-0.05, 0) is 97.1 Å². The van der Waals surface area contributed by atoms with Gasteiger partial charge in [0.25, 0.3) is 0 Å². The zero-order chi connectivity index (χ0) is 38.4. The van der Waals surface area contributed by atoms with Crippen molar-refractivity contribution in [1.29, 1.82) is 0 Å². The number of nitrogens with zero attached hydrogens (tertiary/aromatic N) is 4. The zero-order valence-corrected chi connectivity index (χ0v) is 31.7. The van der Waals surface area contributed by atoms with E-state index in [9.17, 15) is 0 Å². The molecule has 274 valence electrons. The first-order valence-corrected chi connectivity index (χ1v) is 19.8. The molecule has 9 aromatic carbocycles. The Labute approximate surface area is 337 Å². The van der Waals surface area contributed by atoms with Gasteiger partial charge in [0.15, 0.2) is 0 Å². The summed E-state index contributed by atoms with van der Waals surface area (Å²) in [5.41, 5.74) is 13.3. The van der Waals surface area contributed by atoms with Crippen LogP contribution in [0.2, 0.25) is 0 Å². The van der Waals surface area contributed by atoms with E-state index < -0.39 is 0 Å². The van der Waals surface area contributed by atoms with Crippen LogP contribution in [0.1, 0.15) is 0 Å². The highest BCUT2D eigenvalue weighted by Crippen LogP contribution is 2.45. The minimum atomic E-state index is 1.05. The van der Waals surface area contributed by atoms with E-state index in [1.165, 1.54) is 32.6 Å². The van der Waals surface area contributed by atoms with Crippen LogP contribution in [0, 0.1) is 0 Å². The van der Waals surface area contributed by atoms with Crippen molar-refractivity contribution >= 4 is 77.7 Å². The minimum absolute atomic E-state index is 1.05. The first kappa shape index (κ1) is 33.5. The molecule has 0 saturated carbocycles. The number of hydrogen-bond donors (Lipinski definition) is 0. The molecule has 2 heterocycles. The normalized spacial score (nSPS) is 11.4. The van der Waals surface area contributed by atoms with Gasteiger partial charge in [0.05, 0.1) is 39.1 Å². The van der Waals surface area contributed by atoms with Crippen LogP contribution in [0.3, 0.4) is 0 Å². The van der Waals surface area contributed by atoms with Crippen LogP contribution < -0.4 is 9.80 Å². The van der Waals surface area contributed by atoms with E-state index in [4.69, 9.17) is 0 Å². The van der Waals surface area contributed by atoms with Crippen molar-refractivity contribution < 1.29 is 0 Å². The van der Waals surface area contributed by atoms with Gasteiger partial charge in [0.2, 0.25) is 0 Å². The molecule has 0 saturated heterocycles. The number of rotatable bonds is 8. The summed E-state index contributed by atoms with van der Waals surface area (Å²) in [6.45, 7) is 0. The lowest BCUT2D eigenvalue weighted by Crippen LogP contribution is -2.14. The molecule has 4 heteroatoms. The highest BCUT2D eigenvalue weighted by molar-refractivity contribution is 6.26. The Kier molecular flexibility index (Phi) is 8.11. The van der Waals surface area contributed by atoms with Crippen molar-refractivity contribution in [2.45, 2.75) is 0 Å². The first-order valence-electron chi connectivity index (χ1n) is 19.8. The van der Waals surface area contributed by atoms with Gasteiger partial charge in [0.1, 0.15) is 0 Å². The summed E-state index contributed by atoms with van der Waals surface area (Å²) in [6.07, 6.45) is 0. The van der Waals surface area contributed by atoms with E-state index in [-0.39, 0.29) is 0 Å². The Balaban J connectivity index is 1.26. The fourth-order valence-electron chi connectivity index (χ4n) is 8.80. The Morgan fingerprint density at radius 1 is 0.259 bits per heavy atom. The van der Waals surface area contributed by atoms with Gasteiger partial charge in [-0.25, -0.2) is 0 Å². The third-order valence-electron chi connectivity index (χ3n) is 11.2. The monoisotopic (exact) mass is 742 g/mol. The Hall–Kier alpha value is -7.82. The van der Waals surface area contributed by atoms with Crippen molar-refractivity contribution in [3.8, 4) is 11.4 Å². The molecule has 0 spiro atoms. The van der Waals surface area contributed by atoms with Crippen molar-refractivity contribution in [2.75, 3.05) is 9.80 Å². The second-order valence-electron chi connectivity index (χ2n) is 14.6. The molecule has 58 heavy (non-hydrogen) atoms. The van der Waals surface area contributed by atoms with Crippen LogP contribution >= 0.6 is 0 Å². The maximum atomic E-state index is 2.46. The number of benzene rings is 9. The van der Waals surface area contributed by atoms with E-state index in [1.54, 1.807) is 0 Å². The number of fused-ring (bicyclic) bond motifs is 7. The van der Waals surface area contributed by atoms with Gasteiger partial charge in [-0.2, -0.15) is 0 Å². The molecule has 2 aromatic heterocycles. The average Bonchev–Trinajstić information content (AvgIpc) is 3.81. The molecular formula is C54H38N4. The summed E-state index contributed by atoms with van der Waals surface area (Å²) in [4.78, 5) is 4.72. The predicted octanol–water partition coefficient (Wildman–Crippen LogP) is 14.8. The smallest absolute Gasteiger partial charge is 0.0641 e. The topological polar surface area (TPSA) is 16.3 Å².